The van der Waals surface area contributed by atoms with Crippen molar-refractivity contribution in [2.75, 3.05) is 39.3 Å². The Labute approximate surface area is 188 Å². The minimum Gasteiger partial charge on any atom is -0.484 e. The van der Waals surface area contributed by atoms with Crippen LogP contribution in [-0.4, -0.2) is 56.4 Å². The predicted octanol–water partition coefficient (Wildman–Crippen LogP) is 4.18. The van der Waals surface area contributed by atoms with Gasteiger partial charge in [0.15, 0.2) is 12.6 Å². The Kier molecular flexibility index (Phi) is 12.4. The average Bonchev–Trinajstić information content (AvgIpc) is 3.18. The van der Waals surface area contributed by atoms with Gasteiger partial charge in [0.2, 0.25) is 0 Å². The first kappa shape index (κ1) is 25.8. The smallest absolute Gasteiger partial charge is 0.422 e. The summed E-state index contributed by atoms with van der Waals surface area (Å²) < 4.78 is 41.2. The van der Waals surface area contributed by atoms with Crippen molar-refractivity contribution in [1.82, 2.24) is 15.5 Å². The lowest BCUT2D eigenvalue weighted by Crippen LogP contribution is -2.38. The number of hydrogen-bond donors (Lipinski definition) is 2. The van der Waals surface area contributed by atoms with E-state index in [1.54, 1.807) is 12.1 Å². The Morgan fingerprint density at radius 3 is 2.41 bits per heavy atom. The topological polar surface area (TPSA) is 48.9 Å². The number of hydrogen-bond acceptors (Lipinski definition) is 3. The number of nitrogens with one attached hydrogen (secondary N) is 2. The molecule has 1 aliphatic rings. The molecule has 0 aromatic heterocycles. The van der Waals surface area contributed by atoms with Gasteiger partial charge in [0.25, 0.3) is 0 Å². The van der Waals surface area contributed by atoms with Crippen LogP contribution in [-0.2, 0) is 6.54 Å². The molecule has 9 heteroatoms. The molecule has 1 aliphatic heterocycles. The molecular weight excluding hydrogens is 496 g/mol. The average molecular weight is 528 g/mol. The van der Waals surface area contributed by atoms with Crippen LogP contribution in [0.4, 0.5) is 13.2 Å². The predicted molar refractivity (Wildman–Crippen MR) is 121 cm³/mol. The Bertz CT molecular complexity index is 590. The summed E-state index contributed by atoms with van der Waals surface area (Å²) in [5.41, 5.74) is 0.908. The summed E-state index contributed by atoms with van der Waals surface area (Å²) in [6.45, 7) is 6.44. The number of halogens is 4. The van der Waals surface area contributed by atoms with Gasteiger partial charge >= 0.3 is 6.18 Å². The summed E-state index contributed by atoms with van der Waals surface area (Å²) in [7, 11) is 0. The molecule has 29 heavy (non-hydrogen) atoms. The third-order valence-electron chi connectivity index (χ3n) is 4.48. The lowest BCUT2D eigenvalue weighted by molar-refractivity contribution is -0.153. The Hall–Kier alpha value is -1.23. The van der Waals surface area contributed by atoms with E-state index >= 15 is 0 Å². The molecule has 0 amide bonds. The van der Waals surface area contributed by atoms with Crippen LogP contribution in [0.3, 0.4) is 0 Å². The number of unbranched alkanes of at least 4 members (excludes halogenated alkanes) is 1. The molecule has 166 valence electrons. The zero-order chi connectivity index (χ0) is 20.2. The highest BCUT2D eigenvalue weighted by Gasteiger charge is 2.28. The molecule has 0 spiro atoms. The monoisotopic (exact) mass is 528 g/mol. The maximum absolute atomic E-state index is 12.2. The standard InChI is InChI=1S/C20H31F3N4O.HI/c1-2-24-19(25-11-3-4-12-27-13-5-6-14-27)26-15-17-7-9-18(10-8-17)28-16-20(21,22)23;/h7-10H,2-6,11-16H2,1H3,(H2,24,25,26);1H. The molecule has 1 fully saturated rings. The highest BCUT2D eigenvalue weighted by atomic mass is 127. The van der Waals surface area contributed by atoms with Crippen LogP contribution in [0.2, 0.25) is 0 Å². The van der Waals surface area contributed by atoms with Crippen molar-refractivity contribution in [2.45, 2.75) is 45.3 Å². The van der Waals surface area contributed by atoms with Crippen LogP contribution in [0.1, 0.15) is 38.2 Å². The molecule has 0 saturated carbocycles. The Balaban J connectivity index is 0.00000420. The number of alkyl halides is 3. The molecule has 0 aliphatic carbocycles. The van der Waals surface area contributed by atoms with E-state index in [4.69, 9.17) is 4.74 Å². The van der Waals surface area contributed by atoms with Crippen LogP contribution in [0, 0.1) is 0 Å². The fraction of sp³-hybridized carbons (Fsp3) is 0.650. The second-order valence-corrected chi connectivity index (χ2v) is 6.93. The lowest BCUT2D eigenvalue weighted by Gasteiger charge is -2.15. The molecule has 0 radical (unpaired) electrons. The fourth-order valence-electron chi connectivity index (χ4n) is 3.04. The fourth-order valence-corrected chi connectivity index (χ4v) is 3.04. The summed E-state index contributed by atoms with van der Waals surface area (Å²) >= 11 is 0. The van der Waals surface area contributed by atoms with Gasteiger partial charge in [0, 0.05) is 13.1 Å². The zero-order valence-electron chi connectivity index (χ0n) is 16.9. The normalized spacial score (nSPS) is 15.1. The number of benzene rings is 1. The Morgan fingerprint density at radius 1 is 1.10 bits per heavy atom. The molecule has 2 N–H and O–H groups in total. The van der Waals surface area contributed by atoms with Crippen LogP contribution < -0.4 is 15.4 Å². The van der Waals surface area contributed by atoms with Crippen molar-refractivity contribution in [3.05, 3.63) is 29.8 Å². The maximum atomic E-state index is 12.2. The van der Waals surface area contributed by atoms with E-state index in [1.807, 2.05) is 6.92 Å². The minimum atomic E-state index is -4.33. The van der Waals surface area contributed by atoms with E-state index in [0.29, 0.717) is 6.54 Å². The molecule has 1 saturated heterocycles. The molecule has 0 atom stereocenters. The van der Waals surface area contributed by atoms with Crippen molar-refractivity contribution in [3.63, 3.8) is 0 Å². The highest BCUT2D eigenvalue weighted by molar-refractivity contribution is 14.0. The van der Waals surface area contributed by atoms with Crippen molar-refractivity contribution >= 4 is 29.9 Å². The number of likely N-dealkylation sites (tertiary alicyclic amines) is 1. The first-order valence-corrected chi connectivity index (χ1v) is 9.99. The number of rotatable bonds is 10. The SMILES string of the molecule is CCNC(=NCc1ccc(OCC(F)(F)F)cc1)NCCCCN1CCCC1.I. The molecule has 5 nitrogen and oxygen atoms in total. The van der Waals surface area contributed by atoms with Gasteiger partial charge in [-0.3, -0.25) is 0 Å². The largest absolute Gasteiger partial charge is 0.484 e. The van der Waals surface area contributed by atoms with Gasteiger partial charge in [0.05, 0.1) is 6.54 Å². The highest BCUT2D eigenvalue weighted by Crippen LogP contribution is 2.19. The van der Waals surface area contributed by atoms with Crippen LogP contribution >= 0.6 is 24.0 Å². The summed E-state index contributed by atoms with van der Waals surface area (Å²) in [4.78, 5) is 7.05. The van der Waals surface area contributed by atoms with E-state index in [9.17, 15) is 13.2 Å². The molecule has 1 aromatic rings. The third-order valence-corrected chi connectivity index (χ3v) is 4.48. The van der Waals surface area contributed by atoms with Gasteiger partial charge in [0.1, 0.15) is 5.75 Å². The number of guanidine groups is 1. The van der Waals surface area contributed by atoms with Crippen LogP contribution in [0.5, 0.6) is 5.75 Å². The summed E-state index contributed by atoms with van der Waals surface area (Å²) in [6, 6.07) is 6.54. The van der Waals surface area contributed by atoms with E-state index < -0.39 is 12.8 Å². The number of ether oxygens (including phenoxy) is 1. The van der Waals surface area contributed by atoms with Crippen molar-refractivity contribution in [3.8, 4) is 5.75 Å². The van der Waals surface area contributed by atoms with E-state index in [2.05, 4.69) is 20.5 Å². The van der Waals surface area contributed by atoms with E-state index in [0.717, 1.165) is 37.6 Å². The lowest BCUT2D eigenvalue weighted by atomic mass is 10.2. The molecule has 1 aromatic carbocycles. The third kappa shape index (κ3) is 11.5. The van der Waals surface area contributed by atoms with Gasteiger partial charge < -0.3 is 20.3 Å². The maximum Gasteiger partial charge on any atom is 0.422 e. The minimum absolute atomic E-state index is 0. The summed E-state index contributed by atoms with van der Waals surface area (Å²) in [5.74, 6) is 0.953. The Morgan fingerprint density at radius 2 is 1.79 bits per heavy atom. The van der Waals surface area contributed by atoms with Gasteiger partial charge in [-0.2, -0.15) is 13.2 Å². The zero-order valence-corrected chi connectivity index (χ0v) is 19.3. The summed E-state index contributed by atoms with van der Waals surface area (Å²) in [5, 5.41) is 6.55. The van der Waals surface area contributed by atoms with E-state index in [-0.39, 0.29) is 29.7 Å². The van der Waals surface area contributed by atoms with Gasteiger partial charge in [-0.05, 0) is 69.9 Å². The second kappa shape index (κ2) is 13.9. The molecule has 1 heterocycles. The first-order valence-electron chi connectivity index (χ1n) is 9.99. The quantitative estimate of drug-likeness (QED) is 0.207. The first-order chi connectivity index (χ1) is 13.5. The van der Waals surface area contributed by atoms with Crippen LogP contribution in [0.25, 0.3) is 0 Å². The molecule has 0 unspecified atom stereocenters. The number of nitrogens with zero attached hydrogens (tertiary/aromatic N) is 2. The van der Waals surface area contributed by atoms with Crippen LogP contribution in [0.15, 0.2) is 29.3 Å². The van der Waals surface area contributed by atoms with Crippen molar-refractivity contribution in [2.24, 2.45) is 4.99 Å². The molecule has 2 rings (SSSR count). The van der Waals surface area contributed by atoms with Crippen molar-refractivity contribution in [1.29, 1.82) is 0 Å². The summed E-state index contributed by atoms with van der Waals surface area (Å²) in [6.07, 6.45) is 0.581. The van der Waals surface area contributed by atoms with Gasteiger partial charge in [-0.15, -0.1) is 24.0 Å². The second-order valence-electron chi connectivity index (χ2n) is 6.93. The van der Waals surface area contributed by atoms with Gasteiger partial charge in [-0.1, -0.05) is 12.1 Å². The molecule has 0 bridgehead atoms. The molecular formula is C20H32F3IN4O. The van der Waals surface area contributed by atoms with Crippen molar-refractivity contribution < 1.29 is 17.9 Å². The van der Waals surface area contributed by atoms with Gasteiger partial charge in [-0.25, -0.2) is 4.99 Å². The van der Waals surface area contributed by atoms with E-state index in [1.165, 1.54) is 44.5 Å². The number of aliphatic imine (C=N–C) groups is 1.